The van der Waals surface area contributed by atoms with Gasteiger partial charge in [0.1, 0.15) is 0 Å². The van der Waals surface area contributed by atoms with Crippen molar-refractivity contribution >= 4 is 27.7 Å². The van der Waals surface area contributed by atoms with Gasteiger partial charge in [0.25, 0.3) is 0 Å². The van der Waals surface area contributed by atoms with E-state index in [0.717, 1.165) is 12.2 Å². The molecule has 0 bridgehead atoms. The minimum atomic E-state index is 0.0759. The summed E-state index contributed by atoms with van der Waals surface area (Å²) in [7, 11) is 1.95. The van der Waals surface area contributed by atoms with Gasteiger partial charge in [-0.15, -0.1) is 0 Å². The molecule has 0 aliphatic heterocycles. The summed E-state index contributed by atoms with van der Waals surface area (Å²) < 4.78 is 4.23. The highest BCUT2D eigenvalue weighted by Gasteiger charge is 2.10. The maximum absolute atomic E-state index is 12.2. The molecule has 0 spiro atoms. The average Bonchev–Trinajstić information content (AvgIpc) is 3.22. The zero-order valence-corrected chi connectivity index (χ0v) is 14.9. The number of aryl methyl sites for hydroxylation is 2. The third-order valence-electron chi connectivity index (χ3n) is 4.86. The molecule has 2 aromatic heterocycles. The Morgan fingerprint density at radius 3 is 2.31 bits per heavy atom. The number of hydrogen-bond donors (Lipinski definition) is 1. The molecule has 0 saturated heterocycles. The first-order valence-corrected chi connectivity index (χ1v) is 8.92. The normalized spacial score (nSPS) is 11.3. The standard InChI is InChI=1S/C21H22N4O/c1-24-15-22-14-16(24)10-11-21(26)23-12-13-25-19-8-4-2-6-17(19)18-7-3-5-9-20(18)25/h2-9,14-15H,10-13H2,1H3,(H,23,26). The predicted octanol–water partition coefficient (Wildman–Crippen LogP) is 3.28. The summed E-state index contributed by atoms with van der Waals surface area (Å²) in [5, 5.41) is 5.55. The molecule has 4 aromatic rings. The topological polar surface area (TPSA) is 51.9 Å². The average molecular weight is 346 g/mol. The Morgan fingerprint density at radius 2 is 1.69 bits per heavy atom. The summed E-state index contributed by atoms with van der Waals surface area (Å²) in [6.45, 7) is 1.37. The first-order valence-electron chi connectivity index (χ1n) is 8.92. The molecule has 0 fully saturated rings. The molecule has 0 atom stereocenters. The molecule has 26 heavy (non-hydrogen) atoms. The van der Waals surface area contributed by atoms with Crippen LogP contribution in [-0.4, -0.2) is 26.6 Å². The Hall–Kier alpha value is -3.08. The van der Waals surface area contributed by atoms with Crippen molar-refractivity contribution in [1.29, 1.82) is 0 Å². The second-order valence-electron chi connectivity index (χ2n) is 6.53. The fourth-order valence-corrected chi connectivity index (χ4v) is 3.51. The second kappa shape index (κ2) is 7.04. The molecule has 2 aromatic carbocycles. The van der Waals surface area contributed by atoms with Gasteiger partial charge in [-0.1, -0.05) is 36.4 Å². The van der Waals surface area contributed by atoms with Crippen molar-refractivity contribution in [3.63, 3.8) is 0 Å². The van der Waals surface area contributed by atoms with E-state index < -0.39 is 0 Å². The Morgan fingerprint density at radius 1 is 1.04 bits per heavy atom. The van der Waals surface area contributed by atoms with Crippen LogP contribution < -0.4 is 5.32 Å². The zero-order chi connectivity index (χ0) is 17.9. The zero-order valence-electron chi connectivity index (χ0n) is 14.9. The summed E-state index contributed by atoms with van der Waals surface area (Å²) in [6, 6.07) is 16.8. The highest BCUT2D eigenvalue weighted by atomic mass is 16.1. The van der Waals surface area contributed by atoms with Gasteiger partial charge in [0, 0.05) is 60.3 Å². The largest absolute Gasteiger partial charge is 0.354 e. The van der Waals surface area contributed by atoms with Crippen LogP contribution in [0, 0.1) is 0 Å². The lowest BCUT2D eigenvalue weighted by Gasteiger charge is -2.09. The molecule has 1 N–H and O–H groups in total. The van der Waals surface area contributed by atoms with Gasteiger partial charge in [-0.05, 0) is 18.6 Å². The molecule has 5 nitrogen and oxygen atoms in total. The van der Waals surface area contributed by atoms with E-state index in [2.05, 4.69) is 63.4 Å². The van der Waals surface area contributed by atoms with Gasteiger partial charge in [0.15, 0.2) is 0 Å². The molecule has 0 radical (unpaired) electrons. The first-order chi connectivity index (χ1) is 12.7. The van der Waals surface area contributed by atoms with Crippen molar-refractivity contribution in [2.24, 2.45) is 7.05 Å². The number of nitrogens with zero attached hydrogens (tertiary/aromatic N) is 3. The highest BCUT2D eigenvalue weighted by molar-refractivity contribution is 6.07. The number of carbonyl (C=O) groups is 1. The number of para-hydroxylation sites is 2. The van der Waals surface area contributed by atoms with Crippen LogP contribution in [0.2, 0.25) is 0 Å². The monoisotopic (exact) mass is 346 g/mol. The number of carbonyl (C=O) groups excluding carboxylic acids is 1. The van der Waals surface area contributed by atoms with Crippen molar-refractivity contribution in [2.75, 3.05) is 6.54 Å². The number of rotatable bonds is 6. The molecule has 0 saturated carbocycles. The summed E-state index contributed by atoms with van der Waals surface area (Å²) in [4.78, 5) is 16.2. The maximum Gasteiger partial charge on any atom is 0.220 e. The van der Waals surface area contributed by atoms with E-state index >= 15 is 0 Å². The summed E-state index contributed by atoms with van der Waals surface area (Å²) in [6.07, 6.45) is 4.76. The van der Waals surface area contributed by atoms with Gasteiger partial charge >= 0.3 is 0 Å². The third-order valence-corrected chi connectivity index (χ3v) is 4.86. The molecule has 132 valence electrons. The van der Waals surface area contributed by atoms with Gasteiger partial charge < -0.3 is 14.5 Å². The van der Waals surface area contributed by atoms with Gasteiger partial charge in [-0.25, -0.2) is 4.98 Å². The minimum Gasteiger partial charge on any atom is -0.354 e. The molecule has 0 aliphatic carbocycles. The number of fused-ring (bicyclic) bond motifs is 3. The van der Waals surface area contributed by atoms with Crippen molar-refractivity contribution in [2.45, 2.75) is 19.4 Å². The summed E-state index contributed by atoms with van der Waals surface area (Å²) in [5.41, 5.74) is 3.48. The van der Waals surface area contributed by atoms with Crippen molar-refractivity contribution < 1.29 is 4.79 Å². The van der Waals surface area contributed by atoms with E-state index in [4.69, 9.17) is 0 Å². The molecule has 4 rings (SSSR count). The highest BCUT2D eigenvalue weighted by Crippen LogP contribution is 2.28. The van der Waals surface area contributed by atoms with Crippen molar-refractivity contribution in [3.8, 4) is 0 Å². The quantitative estimate of drug-likeness (QED) is 0.582. The van der Waals surface area contributed by atoms with E-state index in [1.165, 1.54) is 21.8 Å². The van der Waals surface area contributed by atoms with Gasteiger partial charge in [0.2, 0.25) is 5.91 Å². The number of aromatic nitrogens is 3. The van der Waals surface area contributed by atoms with Gasteiger partial charge in [-0.2, -0.15) is 0 Å². The molecular weight excluding hydrogens is 324 g/mol. The lowest BCUT2D eigenvalue weighted by molar-refractivity contribution is -0.121. The maximum atomic E-state index is 12.2. The Balaban J connectivity index is 1.43. The van der Waals surface area contributed by atoms with Crippen LogP contribution >= 0.6 is 0 Å². The van der Waals surface area contributed by atoms with Crippen LogP contribution in [0.4, 0.5) is 0 Å². The lowest BCUT2D eigenvalue weighted by Crippen LogP contribution is -2.27. The first kappa shape index (κ1) is 16.4. The van der Waals surface area contributed by atoms with Crippen LogP contribution in [0.5, 0.6) is 0 Å². The predicted molar refractivity (Wildman–Crippen MR) is 104 cm³/mol. The Bertz CT molecular complexity index is 1010. The van der Waals surface area contributed by atoms with Crippen LogP contribution in [0.1, 0.15) is 12.1 Å². The van der Waals surface area contributed by atoms with Crippen molar-refractivity contribution in [3.05, 3.63) is 66.7 Å². The summed E-state index contributed by atoms with van der Waals surface area (Å²) in [5.74, 6) is 0.0759. The second-order valence-corrected chi connectivity index (χ2v) is 6.53. The van der Waals surface area contributed by atoms with Crippen LogP contribution in [0.15, 0.2) is 61.1 Å². The van der Waals surface area contributed by atoms with E-state index in [1.807, 2.05) is 17.8 Å². The fraction of sp³-hybridized carbons (Fsp3) is 0.238. The van der Waals surface area contributed by atoms with E-state index in [-0.39, 0.29) is 5.91 Å². The van der Waals surface area contributed by atoms with Crippen LogP contribution in [0.25, 0.3) is 21.8 Å². The van der Waals surface area contributed by atoms with E-state index in [9.17, 15) is 4.79 Å². The molecule has 2 heterocycles. The Labute approximate surface area is 152 Å². The number of amides is 1. The van der Waals surface area contributed by atoms with E-state index in [0.29, 0.717) is 19.4 Å². The number of nitrogens with one attached hydrogen (secondary N) is 1. The molecule has 5 heteroatoms. The number of benzene rings is 2. The van der Waals surface area contributed by atoms with Gasteiger partial charge in [0.05, 0.1) is 6.33 Å². The molecule has 1 amide bonds. The molecular formula is C21H22N4O. The van der Waals surface area contributed by atoms with Crippen molar-refractivity contribution in [1.82, 2.24) is 19.4 Å². The SMILES string of the molecule is Cn1cncc1CCC(=O)NCCn1c2ccccc2c2ccccc21. The number of hydrogen-bond acceptors (Lipinski definition) is 2. The lowest BCUT2D eigenvalue weighted by atomic mass is 10.2. The third kappa shape index (κ3) is 3.08. The minimum absolute atomic E-state index is 0.0759. The van der Waals surface area contributed by atoms with Crippen LogP contribution in [-0.2, 0) is 24.8 Å². The molecule has 0 unspecified atom stereocenters. The number of imidazole rings is 1. The summed E-state index contributed by atoms with van der Waals surface area (Å²) >= 11 is 0. The molecule has 0 aliphatic rings. The smallest absolute Gasteiger partial charge is 0.220 e. The Kier molecular flexibility index (Phi) is 4.44. The van der Waals surface area contributed by atoms with Gasteiger partial charge in [-0.3, -0.25) is 4.79 Å². The fourth-order valence-electron chi connectivity index (χ4n) is 3.51. The van der Waals surface area contributed by atoms with Crippen LogP contribution in [0.3, 0.4) is 0 Å². The van der Waals surface area contributed by atoms with E-state index in [1.54, 1.807) is 6.33 Å².